The van der Waals surface area contributed by atoms with Crippen molar-refractivity contribution in [2.24, 2.45) is 5.92 Å². The second-order valence-corrected chi connectivity index (χ2v) is 5.88. The first-order valence-electron chi connectivity index (χ1n) is 7.37. The second-order valence-electron chi connectivity index (χ2n) is 5.88. The molecule has 19 heavy (non-hydrogen) atoms. The number of hydrogen-bond donors (Lipinski definition) is 2. The van der Waals surface area contributed by atoms with Gasteiger partial charge in [-0.15, -0.1) is 0 Å². The molecule has 0 bridgehead atoms. The summed E-state index contributed by atoms with van der Waals surface area (Å²) in [4.78, 5) is 24.8. The molecule has 2 rings (SSSR count). The van der Waals surface area contributed by atoms with Crippen LogP contribution in [-0.4, -0.2) is 40.6 Å². The van der Waals surface area contributed by atoms with Crippen molar-refractivity contribution in [3.63, 3.8) is 0 Å². The quantitative estimate of drug-likeness (QED) is 0.821. The first kappa shape index (κ1) is 14.2. The zero-order valence-corrected chi connectivity index (χ0v) is 11.6. The fraction of sp³-hybridized carbons (Fsp3) is 0.857. The number of likely N-dealkylation sites (tertiary alicyclic amines) is 1. The average molecular weight is 268 g/mol. The van der Waals surface area contributed by atoms with E-state index in [0.717, 1.165) is 19.4 Å². The van der Waals surface area contributed by atoms with Gasteiger partial charge in [0, 0.05) is 25.0 Å². The fourth-order valence-electron chi connectivity index (χ4n) is 3.41. The van der Waals surface area contributed by atoms with E-state index in [4.69, 9.17) is 5.11 Å². The summed E-state index contributed by atoms with van der Waals surface area (Å²) in [7, 11) is 0. The Morgan fingerprint density at radius 2 is 2.05 bits per heavy atom. The molecule has 0 aromatic heterocycles. The minimum atomic E-state index is -0.810. The van der Waals surface area contributed by atoms with Crippen molar-refractivity contribution in [3.8, 4) is 0 Å². The molecule has 5 heteroatoms. The molecule has 1 heterocycles. The maximum absolute atomic E-state index is 12.3. The molecule has 0 spiro atoms. The van der Waals surface area contributed by atoms with Gasteiger partial charge in [-0.3, -0.25) is 4.79 Å². The zero-order chi connectivity index (χ0) is 13.8. The minimum Gasteiger partial charge on any atom is -0.481 e. The van der Waals surface area contributed by atoms with E-state index in [0.29, 0.717) is 18.4 Å². The molecule has 2 fully saturated rings. The molecule has 1 saturated heterocycles. The summed E-state index contributed by atoms with van der Waals surface area (Å²) in [5.74, 6) is -0.122. The van der Waals surface area contributed by atoms with E-state index < -0.39 is 5.97 Å². The van der Waals surface area contributed by atoms with Gasteiger partial charge in [-0.05, 0) is 44.9 Å². The van der Waals surface area contributed by atoms with Gasteiger partial charge in [0.2, 0.25) is 0 Å². The topological polar surface area (TPSA) is 69.6 Å². The van der Waals surface area contributed by atoms with Gasteiger partial charge in [0.25, 0.3) is 0 Å². The Balaban J connectivity index is 1.83. The number of urea groups is 1. The highest BCUT2D eigenvalue weighted by Gasteiger charge is 2.37. The van der Waals surface area contributed by atoms with Gasteiger partial charge in [0.15, 0.2) is 0 Å². The Morgan fingerprint density at radius 3 is 2.79 bits per heavy atom. The average Bonchev–Trinajstić information content (AvgIpc) is 2.84. The molecule has 0 aromatic carbocycles. The molecule has 0 radical (unpaired) electrons. The lowest BCUT2D eigenvalue weighted by atomic mass is 9.92. The molecule has 2 amide bonds. The van der Waals surface area contributed by atoms with Crippen LogP contribution in [0, 0.1) is 5.92 Å². The maximum Gasteiger partial charge on any atom is 0.317 e. The van der Waals surface area contributed by atoms with E-state index in [9.17, 15) is 9.59 Å². The molecule has 1 saturated carbocycles. The van der Waals surface area contributed by atoms with Gasteiger partial charge in [0.05, 0.1) is 0 Å². The summed E-state index contributed by atoms with van der Waals surface area (Å²) >= 11 is 0. The summed E-state index contributed by atoms with van der Waals surface area (Å²) < 4.78 is 0. The van der Waals surface area contributed by atoms with Gasteiger partial charge in [-0.1, -0.05) is 6.42 Å². The summed E-state index contributed by atoms with van der Waals surface area (Å²) in [6, 6.07) is 0.334. The lowest BCUT2D eigenvalue weighted by molar-refractivity contribution is -0.137. The van der Waals surface area contributed by atoms with Crippen LogP contribution in [0.2, 0.25) is 0 Å². The molecule has 2 aliphatic rings. The number of hydrogen-bond acceptors (Lipinski definition) is 2. The lowest BCUT2D eigenvalue weighted by Crippen LogP contribution is -2.52. The number of nitrogens with zero attached hydrogens (tertiary/aromatic N) is 1. The zero-order valence-electron chi connectivity index (χ0n) is 11.6. The van der Waals surface area contributed by atoms with Gasteiger partial charge in [-0.25, -0.2) is 4.79 Å². The third-order valence-corrected chi connectivity index (χ3v) is 4.42. The van der Waals surface area contributed by atoms with E-state index >= 15 is 0 Å². The van der Waals surface area contributed by atoms with Crippen LogP contribution in [0.1, 0.15) is 51.9 Å². The standard InChI is InChI=1S/C14H24N2O3/c1-10(7-8-13(17)18)15-14(19)16-9-3-5-11-4-2-6-12(11)16/h10-12H,2-9H2,1H3,(H,15,19)(H,17,18). The highest BCUT2D eigenvalue weighted by atomic mass is 16.4. The number of carboxylic acid groups (broad SMARTS) is 1. The van der Waals surface area contributed by atoms with Crippen LogP contribution in [0.5, 0.6) is 0 Å². The van der Waals surface area contributed by atoms with Crippen LogP contribution in [0.4, 0.5) is 4.79 Å². The van der Waals surface area contributed by atoms with Crippen LogP contribution in [0.25, 0.3) is 0 Å². The van der Waals surface area contributed by atoms with Gasteiger partial charge >= 0.3 is 12.0 Å². The molecule has 5 nitrogen and oxygen atoms in total. The monoisotopic (exact) mass is 268 g/mol. The molecule has 1 aliphatic carbocycles. The highest BCUT2D eigenvalue weighted by molar-refractivity contribution is 5.75. The Bertz CT molecular complexity index is 346. The summed E-state index contributed by atoms with van der Waals surface area (Å²) in [5, 5.41) is 11.6. The van der Waals surface area contributed by atoms with E-state index in [-0.39, 0.29) is 18.5 Å². The number of aliphatic carboxylic acids is 1. The van der Waals surface area contributed by atoms with Gasteiger partial charge in [-0.2, -0.15) is 0 Å². The van der Waals surface area contributed by atoms with Crippen LogP contribution < -0.4 is 5.32 Å². The third kappa shape index (κ3) is 3.61. The number of carbonyl (C=O) groups is 2. The number of carbonyl (C=O) groups excluding carboxylic acids is 1. The van der Waals surface area contributed by atoms with Crippen molar-refractivity contribution in [1.82, 2.24) is 10.2 Å². The SMILES string of the molecule is CC(CCC(=O)O)NC(=O)N1CCCC2CCCC21. The summed E-state index contributed by atoms with van der Waals surface area (Å²) in [6.07, 6.45) is 6.55. The van der Waals surface area contributed by atoms with Crippen LogP contribution in [-0.2, 0) is 4.79 Å². The van der Waals surface area contributed by atoms with Crippen LogP contribution in [0.3, 0.4) is 0 Å². The smallest absolute Gasteiger partial charge is 0.317 e. The molecule has 1 aliphatic heterocycles. The number of nitrogens with one attached hydrogen (secondary N) is 1. The molecular formula is C14H24N2O3. The minimum absolute atomic E-state index is 0.00510. The Labute approximate surface area is 114 Å². The largest absolute Gasteiger partial charge is 0.481 e. The predicted molar refractivity (Wildman–Crippen MR) is 71.9 cm³/mol. The van der Waals surface area contributed by atoms with Crippen molar-refractivity contribution in [3.05, 3.63) is 0 Å². The third-order valence-electron chi connectivity index (χ3n) is 4.42. The maximum atomic E-state index is 12.3. The molecule has 0 aromatic rings. The summed E-state index contributed by atoms with van der Waals surface area (Å²) in [6.45, 7) is 2.72. The number of fused-ring (bicyclic) bond motifs is 1. The number of amides is 2. The predicted octanol–water partition coefficient (Wildman–Crippen LogP) is 2.21. The van der Waals surface area contributed by atoms with E-state index in [2.05, 4.69) is 5.32 Å². The van der Waals surface area contributed by atoms with Gasteiger partial charge < -0.3 is 15.3 Å². The first-order chi connectivity index (χ1) is 9.08. The Hall–Kier alpha value is -1.26. The van der Waals surface area contributed by atoms with Crippen molar-refractivity contribution >= 4 is 12.0 Å². The van der Waals surface area contributed by atoms with Crippen LogP contribution >= 0.6 is 0 Å². The fourth-order valence-corrected chi connectivity index (χ4v) is 3.41. The van der Waals surface area contributed by atoms with E-state index in [1.165, 1.54) is 19.3 Å². The van der Waals surface area contributed by atoms with Crippen molar-refractivity contribution in [2.75, 3.05) is 6.54 Å². The number of piperidine rings is 1. The van der Waals surface area contributed by atoms with E-state index in [1.54, 1.807) is 0 Å². The van der Waals surface area contributed by atoms with Crippen molar-refractivity contribution < 1.29 is 14.7 Å². The second kappa shape index (κ2) is 6.26. The van der Waals surface area contributed by atoms with Gasteiger partial charge in [0.1, 0.15) is 0 Å². The number of rotatable bonds is 4. The Kier molecular flexibility index (Phi) is 4.66. The molecule has 3 atom stereocenters. The van der Waals surface area contributed by atoms with E-state index in [1.807, 2.05) is 11.8 Å². The number of carboxylic acids is 1. The summed E-state index contributed by atoms with van der Waals surface area (Å²) in [5.41, 5.74) is 0. The molecular weight excluding hydrogens is 244 g/mol. The van der Waals surface area contributed by atoms with Crippen molar-refractivity contribution in [2.45, 2.75) is 64.0 Å². The lowest BCUT2D eigenvalue weighted by Gasteiger charge is -2.38. The molecule has 3 unspecified atom stereocenters. The molecule has 2 N–H and O–H groups in total. The van der Waals surface area contributed by atoms with Crippen LogP contribution in [0.15, 0.2) is 0 Å². The Morgan fingerprint density at radius 1 is 1.32 bits per heavy atom. The van der Waals surface area contributed by atoms with Crippen molar-refractivity contribution in [1.29, 1.82) is 0 Å². The molecule has 108 valence electrons. The first-order valence-corrected chi connectivity index (χ1v) is 7.37. The highest BCUT2D eigenvalue weighted by Crippen LogP contribution is 2.36. The normalized spacial score (nSPS) is 27.7.